The molecule has 3 N–H and O–H groups in total. The molecule has 0 aliphatic rings. The number of benzene rings is 2. The minimum absolute atomic E-state index is 0. The van der Waals surface area contributed by atoms with E-state index >= 15 is 0 Å². The molecular weight excluding hydrogens is 268 g/mol. The number of halogens is 3. The van der Waals surface area contributed by atoms with Gasteiger partial charge in [-0.3, -0.25) is 0 Å². The van der Waals surface area contributed by atoms with Gasteiger partial charge in [0, 0.05) is 15.0 Å². The number of hydrogen-bond donors (Lipinski definition) is 1. The van der Waals surface area contributed by atoms with Gasteiger partial charge in [0.15, 0.2) is 0 Å². The van der Waals surface area contributed by atoms with Crippen LogP contribution in [0.15, 0.2) is 48.5 Å². The molecule has 2 aromatic carbocycles. The molecule has 1 atom stereocenters. The summed E-state index contributed by atoms with van der Waals surface area (Å²) < 4.78 is 43.6. The highest BCUT2D eigenvalue weighted by Crippen LogP contribution is 2.28. The molecule has 4 heteroatoms. The molecule has 0 spiro atoms. The van der Waals surface area contributed by atoms with E-state index < -0.39 is 23.9 Å². The van der Waals surface area contributed by atoms with Crippen LogP contribution in [0.2, 0.25) is 0 Å². The average molecular weight is 286 g/mol. The summed E-state index contributed by atoms with van der Waals surface area (Å²) in [6.07, 6.45) is -0.925. The monoisotopic (exact) mass is 285 g/mol. The molecule has 0 aliphatic heterocycles. The minimum Gasteiger partial charge on any atom is -1.00 e. The molecule has 0 heterocycles. The summed E-state index contributed by atoms with van der Waals surface area (Å²) in [6.45, 7) is 0.163. The van der Waals surface area contributed by atoms with Crippen LogP contribution in [-0.2, 0) is 0 Å². The van der Waals surface area contributed by atoms with Gasteiger partial charge >= 0.3 is 0 Å². The van der Waals surface area contributed by atoms with Crippen molar-refractivity contribution in [3.05, 3.63) is 71.3 Å². The maximum absolute atomic E-state index is 13.4. The average Bonchev–Trinajstić information content (AvgIpc) is 2.45. The molecule has 0 saturated heterocycles. The quantitative estimate of drug-likeness (QED) is 0.801. The van der Waals surface area contributed by atoms with E-state index in [1.807, 2.05) is 0 Å². The van der Waals surface area contributed by atoms with Gasteiger partial charge in [0.2, 0.25) is 0 Å². The molecule has 0 saturated carbocycles. The standard InChI is InChI=1S/C15H15F2N.ClH/c16-13-5-1-3-11(9-13)15(7-8-18)12-4-2-6-14(17)10-12;/h1-6,9-10,15H,7-8,18H2;1H/i7D,15D;. The molecule has 1 unspecified atom stereocenters. The SMILES string of the molecule is [2H]C(C[NH3+])C([2H])(c1cccc(F)c1)c1cccc(F)c1.[Cl-]. The van der Waals surface area contributed by atoms with Gasteiger partial charge < -0.3 is 18.1 Å². The predicted octanol–water partition coefficient (Wildman–Crippen LogP) is -0.267. The van der Waals surface area contributed by atoms with Crippen LogP contribution < -0.4 is 18.1 Å². The zero-order valence-corrected chi connectivity index (χ0v) is 11.0. The van der Waals surface area contributed by atoms with Gasteiger partial charge in [0.1, 0.15) is 11.6 Å². The highest BCUT2D eigenvalue weighted by molar-refractivity contribution is 5.32. The second kappa shape index (κ2) is 7.22. The van der Waals surface area contributed by atoms with Crippen molar-refractivity contribution in [2.24, 2.45) is 0 Å². The first kappa shape index (κ1) is 12.6. The first-order valence-electron chi connectivity index (χ1n) is 6.79. The van der Waals surface area contributed by atoms with Gasteiger partial charge in [-0.25, -0.2) is 8.78 Å². The lowest BCUT2D eigenvalue weighted by Gasteiger charge is -2.16. The molecule has 0 fully saturated rings. The van der Waals surface area contributed by atoms with E-state index in [9.17, 15) is 8.78 Å². The third kappa shape index (κ3) is 4.01. The largest absolute Gasteiger partial charge is 1.00 e. The summed E-state index contributed by atoms with van der Waals surface area (Å²) >= 11 is 0. The van der Waals surface area contributed by atoms with E-state index in [1.54, 1.807) is 12.1 Å². The zero-order chi connectivity index (χ0) is 14.8. The third-order valence-electron chi connectivity index (χ3n) is 2.62. The molecule has 2 rings (SSSR count). The molecule has 0 amide bonds. The Morgan fingerprint density at radius 2 is 1.53 bits per heavy atom. The number of rotatable bonds is 4. The normalized spacial score (nSPS) is 14.1. The van der Waals surface area contributed by atoms with Crippen LogP contribution in [0, 0.1) is 11.6 Å². The van der Waals surface area contributed by atoms with Crippen LogP contribution in [-0.4, -0.2) is 6.54 Å². The summed E-state index contributed by atoms with van der Waals surface area (Å²) in [5.74, 6) is -2.51. The fourth-order valence-electron chi connectivity index (χ4n) is 1.86. The topological polar surface area (TPSA) is 27.6 Å². The third-order valence-corrected chi connectivity index (χ3v) is 2.62. The van der Waals surface area contributed by atoms with Crippen LogP contribution in [0.4, 0.5) is 8.78 Å². The Morgan fingerprint density at radius 3 is 1.89 bits per heavy atom. The van der Waals surface area contributed by atoms with Crippen molar-refractivity contribution < 1.29 is 29.7 Å². The van der Waals surface area contributed by atoms with E-state index in [2.05, 4.69) is 5.73 Å². The summed E-state index contributed by atoms with van der Waals surface area (Å²) in [6, 6.07) is 11.1. The lowest BCUT2D eigenvalue weighted by Crippen LogP contribution is -3.00. The summed E-state index contributed by atoms with van der Waals surface area (Å²) in [5, 5.41) is 0. The van der Waals surface area contributed by atoms with E-state index in [0.29, 0.717) is 11.1 Å². The fourth-order valence-corrected chi connectivity index (χ4v) is 1.86. The molecule has 0 bridgehead atoms. The first-order chi connectivity index (χ1) is 9.48. The van der Waals surface area contributed by atoms with Crippen LogP contribution in [0.1, 0.15) is 26.2 Å². The van der Waals surface area contributed by atoms with Gasteiger partial charge in [-0.15, -0.1) is 0 Å². The second-order valence-corrected chi connectivity index (χ2v) is 3.93. The van der Waals surface area contributed by atoms with E-state index in [-0.39, 0.29) is 19.0 Å². The number of hydrogen-bond acceptors (Lipinski definition) is 0. The van der Waals surface area contributed by atoms with Gasteiger partial charge in [0.05, 0.1) is 6.54 Å². The van der Waals surface area contributed by atoms with Crippen molar-refractivity contribution in [2.45, 2.75) is 12.3 Å². The van der Waals surface area contributed by atoms with Crippen LogP contribution in [0.3, 0.4) is 0 Å². The lowest BCUT2D eigenvalue weighted by atomic mass is 9.88. The van der Waals surface area contributed by atoms with E-state index in [0.717, 1.165) is 0 Å². The predicted molar refractivity (Wildman–Crippen MR) is 67.0 cm³/mol. The summed E-state index contributed by atoms with van der Waals surface area (Å²) in [5.41, 5.74) is 4.30. The van der Waals surface area contributed by atoms with Crippen LogP contribution in [0.25, 0.3) is 0 Å². The number of quaternary nitrogens is 1. The zero-order valence-electron chi connectivity index (χ0n) is 12.2. The Morgan fingerprint density at radius 1 is 1.05 bits per heavy atom. The molecule has 1 nitrogen and oxygen atoms in total. The van der Waals surface area contributed by atoms with E-state index in [1.165, 1.54) is 36.4 Å². The smallest absolute Gasteiger partial charge is 0.123 e. The Kier molecular flexibility index (Phi) is 4.78. The molecule has 19 heavy (non-hydrogen) atoms. The van der Waals surface area contributed by atoms with Crippen molar-refractivity contribution in [1.29, 1.82) is 0 Å². The first-order valence-corrected chi connectivity index (χ1v) is 5.72. The molecule has 102 valence electrons. The van der Waals surface area contributed by atoms with Gasteiger partial charge in [0.25, 0.3) is 0 Å². The van der Waals surface area contributed by atoms with Gasteiger partial charge in [-0.1, -0.05) is 24.3 Å². The molecular formula is C15H16ClF2N. The molecule has 2 aromatic rings. The van der Waals surface area contributed by atoms with E-state index in [4.69, 9.17) is 2.74 Å². The minimum atomic E-state index is -1.55. The Bertz CT molecular complexity index is 564. The van der Waals surface area contributed by atoms with Crippen LogP contribution >= 0.6 is 0 Å². The molecule has 0 radical (unpaired) electrons. The van der Waals surface area contributed by atoms with Gasteiger partial charge in [-0.2, -0.15) is 0 Å². The highest BCUT2D eigenvalue weighted by atomic mass is 35.5. The van der Waals surface area contributed by atoms with Crippen molar-refractivity contribution in [3.8, 4) is 0 Å². The van der Waals surface area contributed by atoms with Crippen LogP contribution in [0.5, 0.6) is 0 Å². The van der Waals surface area contributed by atoms with Crippen molar-refractivity contribution in [2.75, 3.05) is 6.54 Å². The van der Waals surface area contributed by atoms with Crippen molar-refractivity contribution in [1.82, 2.24) is 0 Å². The maximum Gasteiger partial charge on any atom is 0.123 e. The molecule has 0 aliphatic carbocycles. The Balaban J connectivity index is 0.00000220. The Labute approximate surface area is 120 Å². The molecule has 0 aromatic heterocycles. The highest BCUT2D eigenvalue weighted by Gasteiger charge is 2.15. The second-order valence-electron chi connectivity index (χ2n) is 3.93. The van der Waals surface area contributed by atoms with Crippen molar-refractivity contribution in [3.63, 3.8) is 0 Å². The van der Waals surface area contributed by atoms with Gasteiger partial charge in [-0.05, 0) is 35.4 Å². The maximum atomic E-state index is 13.4. The summed E-state index contributed by atoms with van der Waals surface area (Å²) in [7, 11) is 0. The Hall–Kier alpha value is -1.45. The fraction of sp³-hybridized carbons (Fsp3) is 0.200. The summed E-state index contributed by atoms with van der Waals surface area (Å²) in [4.78, 5) is 0. The lowest BCUT2D eigenvalue weighted by molar-refractivity contribution is -0.368. The van der Waals surface area contributed by atoms with Crippen molar-refractivity contribution >= 4 is 0 Å².